The van der Waals surface area contributed by atoms with E-state index in [4.69, 9.17) is 0 Å². The van der Waals surface area contributed by atoms with Crippen molar-refractivity contribution in [3.63, 3.8) is 0 Å². The Morgan fingerprint density at radius 1 is 0.394 bits per heavy atom. The van der Waals surface area contributed by atoms with Gasteiger partial charge in [0.25, 0.3) is 0 Å². The van der Waals surface area contributed by atoms with E-state index < -0.39 is 0 Å². The van der Waals surface area contributed by atoms with Crippen LogP contribution in [0.3, 0.4) is 0 Å². The first-order valence-electron chi connectivity index (χ1n) is 24.5. The Labute approximate surface area is 390 Å². The van der Waals surface area contributed by atoms with Gasteiger partial charge < -0.3 is 4.90 Å². The van der Waals surface area contributed by atoms with E-state index in [0.717, 1.165) is 23.9 Å². The van der Waals surface area contributed by atoms with Crippen LogP contribution in [0.1, 0.15) is 62.1 Å². The Hall–Kier alpha value is -6.96. The zero-order valence-electron chi connectivity index (χ0n) is 37.8. The van der Waals surface area contributed by atoms with Gasteiger partial charge >= 0.3 is 0 Å². The summed E-state index contributed by atoms with van der Waals surface area (Å²) >= 11 is 0. The lowest BCUT2D eigenvalue weighted by Gasteiger charge is -2.61. The molecule has 1 spiro atoms. The number of allylic oxidation sites excluding steroid dienone is 4. The van der Waals surface area contributed by atoms with E-state index in [2.05, 4.69) is 230 Å². The third-order valence-electron chi connectivity index (χ3n) is 16.7. The molecular formula is C65H55N. The van der Waals surface area contributed by atoms with Crippen LogP contribution in [0, 0.1) is 23.7 Å². The molecule has 6 aliphatic carbocycles. The second-order valence-electron chi connectivity index (χ2n) is 20.3. The number of fused-ring (bicyclic) bond motifs is 3. The molecule has 8 aromatic rings. The van der Waals surface area contributed by atoms with Crippen LogP contribution in [0.15, 0.2) is 218 Å². The van der Waals surface area contributed by atoms with Crippen LogP contribution < -0.4 is 4.90 Å². The van der Waals surface area contributed by atoms with Crippen LogP contribution in [0.5, 0.6) is 0 Å². The molecule has 320 valence electrons. The van der Waals surface area contributed by atoms with Crippen molar-refractivity contribution in [2.75, 3.05) is 4.90 Å². The van der Waals surface area contributed by atoms with Crippen LogP contribution in [-0.2, 0) is 10.8 Å². The summed E-state index contributed by atoms with van der Waals surface area (Å²) < 4.78 is 0. The molecule has 66 heavy (non-hydrogen) atoms. The fraction of sp³-hybridized carbons (Fsp3) is 0.200. The third kappa shape index (κ3) is 6.12. The topological polar surface area (TPSA) is 3.24 Å². The van der Waals surface area contributed by atoms with Crippen molar-refractivity contribution in [2.24, 2.45) is 23.7 Å². The lowest BCUT2D eigenvalue weighted by atomic mass is 9.43. The Bertz CT molecular complexity index is 3180. The molecule has 4 bridgehead atoms. The van der Waals surface area contributed by atoms with Crippen molar-refractivity contribution in [3.05, 3.63) is 235 Å². The number of hydrogen-bond donors (Lipinski definition) is 0. The molecule has 0 aromatic heterocycles. The summed E-state index contributed by atoms with van der Waals surface area (Å²) in [6, 6.07) is 73.5. The smallest absolute Gasteiger partial charge is 0.0540 e. The molecule has 0 aliphatic heterocycles. The molecule has 1 heteroatoms. The SMILES string of the molecule is CC1(c2ccccc2-c2ccccc2-c2ccccc2N(c2ccc(-c3ccccc3-c3ccccc3)cc2)c2ccc3c(c2)C2(c4ccccc4-3)C3CC4CC(C3)CC2C4)C=CC=CC1. The van der Waals surface area contributed by atoms with Gasteiger partial charge in [-0.15, -0.1) is 0 Å². The van der Waals surface area contributed by atoms with Gasteiger partial charge in [0.2, 0.25) is 0 Å². The maximum absolute atomic E-state index is 2.65. The summed E-state index contributed by atoms with van der Waals surface area (Å²) in [4.78, 5) is 2.58. The molecule has 0 heterocycles. The lowest BCUT2D eigenvalue weighted by Crippen LogP contribution is -2.55. The number of nitrogens with zero attached hydrogens (tertiary/aromatic N) is 1. The van der Waals surface area contributed by atoms with E-state index in [0.29, 0.717) is 11.8 Å². The van der Waals surface area contributed by atoms with Gasteiger partial charge in [0.05, 0.1) is 5.69 Å². The molecule has 4 fully saturated rings. The molecule has 0 N–H and O–H groups in total. The van der Waals surface area contributed by atoms with Gasteiger partial charge in [0.15, 0.2) is 0 Å². The molecule has 14 rings (SSSR count). The van der Waals surface area contributed by atoms with Crippen molar-refractivity contribution < 1.29 is 0 Å². The average Bonchev–Trinajstić information content (AvgIpc) is 3.66. The van der Waals surface area contributed by atoms with Gasteiger partial charge in [-0.1, -0.05) is 195 Å². The fourth-order valence-corrected chi connectivity index (χ4v) is 14.1. The van der Waals surface area contributed by atoms with Gasteiger partial charge in [-0.25, -0.2) is 0 Å². The summed E-state index contributed by atoms with van der Waals surface area (Å²) in [5.74, 6) is 3.17. The van der Waals surface area contributed by atoms with Gasteiger partial charge in [-0.2, -0.15) is 0 Å². The molecule has 8 aromatic carbocycles. The monoisotopic (exact) mass is 849 g/mol. The van der Waals surface area contributed by atoms with Crippen molar-refractivity contribution in [1.29, 1.82) is 0 Å². The van der Waals surface area contributed by atoms with Crippen LogP contribution in [0.4, 0.5) is 17.1 Å². The van der Waals surface area contributed by atoms with E-state index in [1.165, 1.54) is 105 Å². The summed E-state index contributed by atoms with van der Waals surface area (Å²) in [6.45, 7) is 2.38. The van der Waals surface area contributed by atoms with Crippen molar-refractivity contribution >= 4 is 17.1 Å². The third-order valence-corrected chi connectivity index (χ3v) is 16.7. The summed E-state index contributed by atoms with van der Waals surface area (Å²) in [5.41, 5.74) is 20.9. The Morgan fingerprint density at radius 2 is 0.894 bits per heavy atom. The fourth-order valence-electron chi connectivity index (χ4n) is 14.1. The number of para-hydroxylation sites is 1. The normalized spacial score (nSPS) is 24.1. The van der Waals surface area contributed by atoms with E-state index >= 15 is 0 Å². The number of hydrogen-bond acceptors (Lipinski definition) is 1. The first-order valence-corrected chi connectivity index (χ1v) is 24.5. The highest BCUT2D eigenvalue weighted by atomic mass is 15.1. The molecule has 1 unspecified atom stereocenters. The van der Waals surface area contributed by atoms with Crippen LogP contribution in [0.25, 0.3) is 55.6 Å². The number of rotatable bonds is 8. The predicted molar refractivity (Wildman–Crippen MR) is 276 cm³/mol. The van der Waals surface area contributed by atoms with E-state index in [1.807, 2.05) is 0 Å². The molecule has 1 nitrogen and oxygen atoms in total. The largest absolute Gasteiger partial charge is 0.310 e. The Balaban J connectivity index is 1.00. The van der Waals surface area contributed by atoms with Crippen LogP contribution >= 0.6 is 0 Å². The second-order valence-corrected chi connectivity index (χ2v) is 20.3. The van der Waals surface area contributed by atoms with Crippen molar-refractivity contribution in [1.82, 2.24) is 0 Å². The highest BCUT2D eigenvalue weighted by Crippen LogP contribution is 2.69. The van der Waals surface area contributed by atoms with Gasteiger partial charge in [-0.3, -0.25) is 0 Å². The minimum absolute atomic E-state index is 0.0702. The summed E-state index contributed by atoms with van der Waals surface area (Å²) in [5, 5.41) is 0. The lowest BCUT2D eigenvalue weighted by molar-refractivity contribution is -0.0399. The zero-order valence-corrected chi connectivity index (χ0v) is 37.8. The van der Waals surface area contributed by atoms with Gasteiger partial charge in [0.1, 0.15) is 0 Å². The maximum Gasteiger partial charge on any atom is 0.0540 e. The minimum atomic E-state index is -0.0965. The van der Waals surface area contributed by atoms with Crippen molar-refractivity contribution in [2.45, 2.75) is 56.3 Å². The first-order chi connectivity index (χ1) is 32.6. The molecule has 0 saturated heterocycles. The Kier molecular flexibility index (Phi) is 9.31. The average molecular weight is 850 g/mol. The second kappa shape index (κ2) is 15.6. The van der Waals surface area contributed by atoms with Crippen molar-refractivity contribution in [3.8, 4) is 55.6 Å². The van der Waals surface area contributed by atoms with Crippen LogP contribution in [-0.4, -0.2) is 0 Å². The number of anilines is 3. The Morgan fingerprint density at radius 3 is 1.55 bits per heavy atom. The predicted octanol–water partition coefficient (Wildman–Crippen LogP) is 17.3. The van der Waals surface area contributed by atoms with Gasteiger partial charge in [0, 0.05) is 27.8 Å². The molecule has 4 saturated carbocycles. The zero-order chi connectivity index (χ0) is 43.8. The van der Waals surface area contributed by atoms with Crippen LogP contribution in [0.2, 0.25) is 0 Å². The molecule has 1 atom stereocenters. The highest BCUT2D eigenvalue weighted by molar-refractivity contribution is 5.96. The standard InChI is InChI=1S/C65H55N/c1-64(36-16-3-17-37-64)60-27-13-10-24-56(60)54-22-8-9-23-55(54)59-26-12-15-29-63(59)66(50-32-30-47(31-33-50)53-21-7-6-20-52(53)46-18-4-2-5-19-46)51-34-35-58-57-25-11-14-28-61(57)65(62(58)43-51)48-39-44-38-45(41-48)42-49(65)40-44/h2-36,43-45,48-49H,37-42H2,1H3. The maximum atomic E-state index is 2.65. The minimum Gasteiger partial charge on any atom is -0.310 e. The number of benzene rings is 8. The van der Waals surface area contributed by atoms with E-state index in [-0.39, 0.29) is 10.8 Å². The quantitative estimate of drug-likeness (QED) is 0.147. The highest BCUT2D eigenvalue weighted by Gasteiger charge is 2.61. The van der Waals surface area contributed by atoms with E-state index in [1.54, 1.807) is 11.1 Å². The molecular weight excluding hydrogens is 795 g/mol. The summed E-state index contributed by atoms with van der Waals surface area (Å²) in [6.07, 6.45) is 17.0. The van der Waals surface area contributed by atoms with E-state index in [9.17, 15) is 0 Å². The first kappa shape index (κ1) is 39.4. The molecule has 0 amide bonds. The molecule has 6 aliphatic rings. The summed E-state index contributed by atoms with van der Waals surface area (Å²) in [7, 11) is 0. The molecule has 0 radical (unpaired) electrons. The van der Waals surface area contributed by atoms with Gasteiger partial charge in [-0.05, 0) is 159 Å².